The summed E-state index contributed by atoms with van der Waals surface area (Å²) in [5.74, 6) is -0.612. The first-order valence-corrected chi connectivity index (χ1v) is 9.66. The molecule has 0 radical (unpaired) electrons. The average Bonchev–Trinajstić information content (AvgIpc) is 3.12. The van der Waals surface area contributed by atoms with Crippen LogP contribution in [0.1, 0.15) is 46.6 Å². The Hall–Kier alpha value is -1.46. The Morgan fingerprint density at radius 2 is 1.73 bits per heavy atom. The van der Waals surface area contributed by atoms with Gasteiger partial charge < -0.3 is 18.9 Å². The van der Waals surface area contributed by atoms with Crippen molar-refractivity contribution in [1.82, 2.24) is 0 Å². The molecular formula is C22H30O4. The van der Waals surface area contributed by atoms with Gasteiger partial charge in [0, 0.05) is 0 Å². The van der Waals surface area contributed by atoms with Gasteiger partial charge in [-0.3, -0.25) is 0 Å². The van der Waals surface area contributed by atoms with Crippen LogP contribution in [0.2, 0.25) is 0 Å². The molecule has 0 N–H and O–H groups in total. The Bertz CT molecular complexity index is 727. The quantitative estimate of drug-likeness (QED) is 0.767. The van der Waals surface area contributed by atoms with Crippen LogP contribution < -0.4 is 0 Å². The number of hydrogen-bond acceptors (Lipinski definition) is 4. The number of hydrogen-bond donors (Lipinski definition) is 0. The monoisotopic (exact) mass is 358 g/mol. The first-order chi connectivity index (χ1) is 12.6. The molecule has 0 amide bonds. The van der Waals surface area contributed by atoms with Crippen LogP contribution in [0.25, 0.3) is 10.8 Å². The summed E-state index contributed by atoms with van der Waals surface area (Å²) in [6.07, 6.45) is 0.296. The number of fused-ring (bicyclic) bond motifs is 2. The molecule has 0 saturated carbocycles. The van der Waals surface area contributed by atoms with Crippen molar-refractivity contribution in [3.8, 4) is 0 Å². The maximum absolute atomic E-state index is 6.22. The van der Waals surface area contributed by atoms with Gasteiger partial charge in [-0.25, -0.2) is 0 Å². The standard InChI is InChI=1S/C20H24O4.C2H6/c1-4-16-17(18-19(22-16)24-20(2,3)23-18)21-12-13-9-10-14-7-5-6-8-15(14)11-13;1-2/h5-11,16-19H,4,12H2,1-3H3;1-2H3/t16-,17-,18-,19-;/m1./s1. The summed E-state index contributed by atoms with van der Waals surface area (Å²) in [6, 6.07) is 14.8. The molecule has 0 aliphatic carbocycles. The molecular weight excluding hydrogens is 328 g/mol. The zero-order chi connectivity index (χ0) is 18.7. The molecule has 4 nitrogen and oxygen atoms in total. The molecule has 2 saturated heterocycles. The normalized spacial score (nSPS) is 29.3. The number of benzene rings is 2. The van der Waals surface area contributed by atoms with Crippen LogP contribution in [0.3, 0.4) is 0 Å². The summed E-state index contributed by atoms with van der Waals surface area (Å²) >= 11 is 0. The van der Waals surface area contributed by atoms with Gasteiger partial charge in [-0.1, -0.05) is 57.2 Å². The van der Waals surface area contributed by atoms with Crippen LogP contribution in [0.5, 0.6) is 0 Å². The van der Waals surface area contributed by atoms with Crippen LogP contribution in [-0.4, -0.2) is 30.4 Å². The fraction of sp³-hybridized carbons (Fsp3) is 0.545. The molecule has 2 aliphatic rings. The molecule has 26 heavy (non-hydrogen) atoms. The maximum Gasteiger partial charge on any atom is 0.190 e. The second-order valence-electron chi connectivity index (χ2n) is 7.01. The predicted molar refractivity (Wildman–Crippen MR) is 103 cm³/mol. The summed E-state index contributed by atoms with van der Waals surface area (Å²) in [5.41, 5.74) is 1.16. The van der Waals surface area contributed by atoms with Crippen LogP contribution in [0.4, 0.5) is 0 Å². The molecule has 0 unspecified atom stereocenters. The van der Waals surface area contributed by atoms with E-state index in [2.05, 4.69) is 49.4 Å². The van der Waals surface area contributed by atoms with Crippen LogP contribution in [0, 0.1) is 0 Å². The van der Waals surface area contributed by atoms with Crippen molar-refractivity contribution in [2.45, 2.75) is 78.0 Å². The highest BCUT2D eigenvalue weighted by Crippen LogP contribution is 2.39. The van der Waals surface area contributed by atoms with E-state index >= 15 is 0 Å². The lowest BCUT2D eigenvalue weighted by molar-refractivity contribution is -0.219. The Morgan fingerprint density at radius 1 is 1.00 bits per heavy atom. The lowest BCUT2D eigenvalue weighted by Crippen LogP contribution is -2.36. The second kappa shape index (κ2) is 8.05. The van der Waals surface area contributed by atoms with E-state index in [4.69, 9.17) is 18.9 Å². The van der Waals surface area contributed by atoms with Gasteiger partial charge in [0.15, 0.2) is 12.1 Å². The van der Waals surface area contributed by atoms with E-state index < -0.39 is 5.79 Å². The predicted octanol–water partition coefficient (Wildman–Crippen LogP) is 5.04. The SMILES string of the molecule is CC.CC[C@H]1O[C@@H]2OC(C)(C)O[C@@H]2[C@@H]1OCc1ccc2ccccc2c1. The molecule has 4 atom stereocenters. The van der Waals surface area contributed by atoms with Crippen molar-refractivity contribution < 1.29 is 18.9 Å². The third-order valence-electron chi connectivity index (χ3n) is 4.75. The maximum atomic E-state index is 6.22. The van der Waals surface area contributed by atoms with Gasteiger partial charge in [0.05, 0.1) is 12.7 Å². The summed E-state index contributed by atoms with van der Waals surface area (Å²) in [5, 5.41) is 2.47. The lowest BCUT2D eigenvalue weighted by Gasteiger charge is -2.25. The highest BCUT2D eigenvalue weighted by Gasteiger charge is 2.54. The number of rotatable bonds is 4. The summed E-state index contributed by atoms with van der Waals surface area (Å²) in [4.78, 5) is 0. The summed E-state index contributed by atoms with van der Waals surface area (Å²) < 4.78 is 24.0. The molecule has 0 bridgehead atoms. The molecule has 0 aromatic heterocycles. The van der Waals surface area contributed by atoms with Crippen molar-refractivity contribution in [1.29, 1.82) is 0 Å². The molecule has 0 spiro atoms. The Morgan fingerprint density at radius 3 is 2.46 bits per heavy atom. The van der Waals surface area contributed by atoms with Gasteiger partial charge in [-0.15, -0.1) is 0 Å². The zero-order valence-corrected chi connectivity index (χ0v) is 16.4. The number of ether oxygens (including phenoxy) is 4. The van der Waals surface area contributed by atoms with Crippen molar-refractivity contribution in [3.63, 3.8) is 0 Å². The molecule has 142 valence electrons. The van der Waals surface area contributed by atoms with Crippen LogP contribution in [-0.2, 0) is 25.6 Å². The minimum absolute atomic E-state index is 0.0107. The van der Waals surface area contributed by atoms with Gasteiger partial charge in [0.2, 0.25) is 0 Å². The van der Waals surface area contributed by atoms with E-state index in [-0.39, 0.29) is 24.6 Å². The van der Waals surface area contributed by atoms with Crippen LogP contribution in [0.15, 0.2) is 42.5 Å². The first kappa shape index (κ1) is 19.3. The largest absolute Gasteiger partial charge is 0.368 e. The molecule has 2 aliphatic heterocycles. The van der Waals surface area contributed by atoms with Crippen molar-refractivity contribution in [2.75, 3.05) is 0 Å². The Labute approximate surface area is 156 Å². The molecule has 2 aromatic rings. The molecule has 4 rings (SSSR count). The molecule has 2 aromatic carbocycles. The van der Waals surface area contributed by atoms with Gasteiger partial charge >= 0.3 is 0 Å². The smallest absolute Gasteiger partial charge is 0.190 e. The Kier molecular flexibility index (Phi) is 5.98. The molecule has 2 heterocycles. The van der Waals surface area contributed by atoms with E-state index in [1.165, 1.54) is 10.8 Å². The van der Waals surface area contributed by atoms with Gasteiger partial charge in [-0.2, -0.15) is 0 Å². The van der Waals surface area contributed by atoms with E-state index in [1.807, 2.05) is 27.7 Å². The zero-order valence-electron chi connectivity index (χ0n) is 16.4. The van der Waals surface area contributed by atoms with Crippen molar-refractivity contribution in [3.05, 3.63) is 48.0 Å². The highest BCUT2D eigenvalue weighted by atomic mass is 16.8. The van der Waals surface area contributed by atoms with E-state index in [0.717, 1.165) is 12.0 Å². The van der Waals surface area contributed by atoms with Crippen molar-refractivity contribution >= 4 is 10.8 Å². The first-order valence-electron chi connectivity index (χ1n) is 9.66. The van der Waals surface area contributed by atoms with Gasteiger partial charge in [0.1, 0.15) is 12.2 Å². The van der Waals surface area contributed by atoms with Gasteiger partial charge in [0.25, 0.3) is 0 Å². The van der Waals surface area contributed by atoms with E-state index in [1.54, 1.807) is 0 Å². The average molecular weight is 358 g/mol. The summed E-state index contributed by atoms with van der Waals surface area (Å²) in [7, 11) is 0. The van der Waals surface area contributed by atoms with Gasteiger partial charge in [-0.05, 0) is 42.7 Å². The minimum atomic E-state index is -0.612. The summed E-state index contributed by atoms with van der Waals surface area (Å²) in [6.45, 7) is 10.5. The van der Waals surface area contributed by atoms with Crippen LogP contribution >= 0.6 is 0 Å². The second-order valence-corrected chi connectivity index (χ2v) is 7.01. The fourth-order valence-corrected chi connectivity index (χ4v) is 3.60. The Balaban J connectivity index is 0.000000948. The van der Waals surface area contributed by atoms with Crippen molar-refractivity contribution in [2.24, 2.45) is 0 Å². The third kappa shape index (κ3) is 3.94. The fourth-order valence-electron chi connectivity index (χ4n) is 3.60. The molecule has 2 fully saturated rings. The highest BCUT2D eigenvalue weighted by molar-refractivity contribution is 5.82. The molecule has 4 heteroatoms. The third-order valence-corrected chi connectivity index (χ3v) is 4.75. The lowest BCUT2D eigenvalue weighted by atomic mass is 10.1. The minimum Gasteiger partial charge on any atom is -0.368 e. The topological polar surface area (TPSA) is 36.9 Å². The van der Waals surface area contributed by atoms with E-state index in [9.17, 15) is 0 Å². The van der Waals surface area contributed by atoms with E-state index in [0.29, 0.717) is 6.61 Å².